The standard InChI is InChI=1S/C16H19N3O2S/c1-10-5-6-12(11(2)9-10)14(20)17-16-13(7-8-22-16)15(21)18-19(3)4/h5-9H,1-4H3,(H,17,20)(H,18,21). The van der Waals surface area contributed by atoms with Gasteiger partial charge in [0.25, 0.3) is 11.8 Å². The molecule has 2 rings (SSSR count). The highest BCUT2D eigenvalue weighted by Gasteiger charge is 2.17. The molecule has 22 heavy (non-hydrogen) atoms. The molecule has 0 aliphatic rings. The number of amides is 2. The zero-order chi connectivity index (χ0) is 16.3. The maximum absolute atomic E-state index is 12.4. The molecule has 1 aromatic carbocycles. The van der Waals surface area contributed by atoms with Crippen molar-refractivity contribution in [1.82, 2.24) is 10.4 Å². The molecule has 1 heterocycles. The molecule has 2 N–H and O–H groups in total. The third-order valence-corrected chi connectivity index (χ3v) is 3.92. The third kappa shape index (κ3) is 3.72. The Morgan fingerprint density at radius 1 is 1.05 bits per heavy atom. The molecular formula is C16H19N3O2S. The first-order chi connectivity index (χ1) is 10.4. The van der Waals surface area contributed by atoms with Crippen molar-refractivity contribution in [3.8, 4) is 0 Å². The van der Waals surface area contributed by atoms with Crippen LogP contribution < -0.4 is 10.7 Å². The van der Waals surface area contributed by atoms with Gasteiger partial charge in [-0.25, -0.2) is 5.01 Å². The van der Waals surface area contributed by atoms with Crippen LogP contribution in [0, 0.1) is 13.8 Å². The van der Waals surface area contributed by atoms with Crippen LogP contribution in [0.1, 0.15) is 31.8 Å². The molecule has 2 amide bonds. The lowest BCUT2D eigenvalue weighted by Gasteiger charge is -2.13. The maximum atomic E-state index is 12.4. The molecular weight excluding hydrogens is 298 g/mol. The summed E-state index contributed by atoms with van der Waals surface area (Å²) in [5.41, 5.74) is 5.75. The van der Waals surface area contributed by atoms with Gasteiger partial charge in [0.05, 0.1) is 5.56 Å². The van der Waals surface area contributed by atoms with E-state index in [2.05, 4.69) is 10.7 Å². The Kier molecular flexibility index (Phi) is 4.95. The summed E-state index contributed by atoms with van der Waals surface area (Å²) in [5, 5.41) is 6.71. The second-order valence-corrected chi connectivity index (χ2v) is 6.19. The predicted molar refractivity (Wildman–Crippen MR) is 89.3 cm³/mol. The smallest absolute Gasteiger partial charge is 0.268 e. The SMILES string of the molecule is Cc1ccc(C(=O)Nc2sccc2C(=O)NN(C)C)c(C)c1. The number of carbonyl (C=O) groups excluding carboxylic acids is 2. The first-order valence-corrected chi connectivity index (χ1v) is 7.71. The Balaban J connectivity index is 2.19. The van der Waals surface area contributed by atoms with Gasteiger partial charge in [-0.05, 0) is 36.9 Å². The summed E-state index contributed by atoms with van der Waals surface area (Å²) in [6.45, 7) is 3.88. The van der Waals surface area contributed by atoms with E-state index in [4.69, 9.17) is 0 Å². The van der Waals surface area contributed by atoms with Gasteiger partial charge in [0, 0.05) is 19.7 Å². The number of carbonyl (C=O) groups is 2. The number of nitrogens with one attached hydrogen (secondary N) is 2. The van der Waals surface area contributed by atoms with Crippen molar-refractivity contribution in [3.05, 3.63) is 51.9 Å². The van der Waals surface area contributed by atoms with Gasteiger partial charge in [0.2, 0.25) is 0 Å². The second-order valence-electron chi connectivity index (χ2n) is 5.27. The van der Waals surface area contributed by atoms with Crippen molar-refractivity contribution in [2.24, 2.45) is 0 Å². The Morgan fingerprint density at radius 2 is 1.77 bits per heavy atom. The van der Waals surface area contributed by atoms with Crippen molar-refractivity contribution in [2.45, 2.75) is 13.8 Å². The molecule has 0 saturated heterocycles. The van der Waals surface area contributed by atoms with Crippen LogP contribution in [0.15, 0.2) is 29.6 Å². The highest BCUT2D eigenvalue weighted by molar-refractivity contribution is 7.14. The van der Waals surface area contributed by atoms with Crippen LogP contribution in [-0.2, 0) is 0 Å². The third-order valence-electron chi connectivity index (χ3n) is 3.09. The topological polar surface area (TPSA) is 61.4 Å². The Labute approximate surface area is 133 Å². The number of aryl methyl sites for hydroxylation is 2. The lowest BCUT2D eigenvalue weighted by Crippen LogP contribution is -2.36. The molecule has 0 radical (unpaired) electrons. The van der Waals surface area contributed by atoms with E-state index in [1.165, 1.54) is 11.3 Å². The number of hydrazine groups is 1. The van der Waals surface area contributed by atoms with Crippen LogP contribution in [0.2, 0.25) is 0 Å². The fourth-order valence-electron chi connectivity index (χ4n) is 2.09. The van der Waals surface area contributed by atoms with Gasteiger partial charge >= 0.3 is 0 Å². The molecule has 2 aromatic rings. The summed E-state index contributed by atoms with van der Waals surface area (Å²) >= 11 is 1.33. The van der Waals surface area contributed by atoms with Crippen LogP contribution in [0.4, 0.5) is 5.00 Å². The van der Waals surface area contributed by atoms with E-state index in [0.717, 1.165) is 11.1 Å². The van der Waals surface area contributed by atoms with E-state index >= 15 is 0 Å². The minimum atomic E-state index is -0.248. The van der Waals surface area contributed by atoms with Gasteiger partial charge < -0.3 is 5.32 Å². The second kappa shape index (κ2) is 6.72. The fraction of sp³-hybridized carbons (Fsp3) is 0.250. The number of anilines is 1. The highest BCUT2D eigenvalue weighted by Crippen LogP contribution is 2.24. The molecule has 0 bridgehead atoms. The Morgan fingerprint density at radius 3 is 2.41 bits per heavy atom. The lowest BCUT2D eigenvalue weighted by molar-refractivity contribution is 0.0858. The van der Waals surface area contributed by atoms with Gasteiger partial charge in [0.15, 0.2) is 0 Å². The number of thiophene rings is 1. The molecule has 1 aromatic heterocycles. The Hall–Kier alpha value is -2.18. The molecule has 0 aliphatic heterocycles. The average molecular weight is 317 g/mol. The minimum Gasteiger partial charge on any atom is -0.313 e. The molecule has 0 unspecified atom stereocenters. The van der Waals surface area contributed by atoms with Crippen molar-refractivity contribution >= 4 is 28.2 Å². The van der Waals surface area contributed by atoms with Crippen LogP contribution >= 0.6 is 11.3 Å². The normalized spacial score (nSPS) is 10.6. The van der Waals surface area contributed by atoms with Crippen molar-refractivity contribution in [3.63, 3.8) is 0 Å². The summed E-state index contributed by atoms with van der Waals surface area (Å²) in [5.74, 6) is -0.457. The first-order valence-electron chi connectivity index (χ1n) is 6.83. The zero-order valence-electron chi connectivity index (χ0n) is 13.1. The number of hydrogen-bond donors (Lipinski definition) is 2. The summed E-state index contributed by atoms with van der Waals surface area (Å²) in [6.07, 6.45) is 0. The van der Waals surface area contributed by atoms with Crippen LogP contribution in [-0.4, -0.2) is 30.9 Å². The molecule has 0 spiro atoms. The number of nitrogens with zero attached hydrogens (tertiary/aromatic N) is 1. The highest BCUT2D eigenvalue weighted by atomic mass is 32.1. The van der Waals surface area contributed by atoms with Gasteiger partial charge in [-0.3, -0.25) is 15.0 Å². The van der Waals surface area contributed by atoms with E-state index in [-0.39, 0.29) is 11.8 Å². The lowest BCUT2D eigenvalue weighted by atomic mass is 10.1. The summed E-state index contributed by atoms with van der Waals surface area (Å²) in [4.78, 5) is 24.5. The molecule has 6 heteroatoms. The molecule has 5 nitrogen and oxygen atoms in total. The largest absolute Gasteiger partial charge is 0.313 e. The number of rotatable bonds is 4. The van der Waals surface area contributed by atoms with Crippen molar-refractivity contribution < 1.29 is 9.59 Å². The first kappa shape index (κ1) is 16.2. The monoisotopic (exact) mass is 317 g/mol. The van der Waals surface area contributed by atoms with Crippen molar-refractivity contribution in [1.29, 1.82) is 0 Å². The maximum Gasteiger partial charge on any atom is 0.268 e. The molecule has 0 saturated carbocycles. The van der Waals surface area contributed by atoms with Gasteiger partial charge in [0.1, 0.15) is 5.00 Å². The van der Waals surface area contributed by atoms with Gasteiger partial charge in [-0.15, -0.1) is 11.3 Å². The summed E-state index contributed by atoms with van der Waals surface area (Å²) < 4.78 is 0. The Bertz CT molecular complexity index is 707. The van der Waals surface area contributed by atoms with E-state index in [0.29, 0.717) is 16.1 Å². The molecule has 0 atom stereocenters. The quantitative estimate of drug-likeness (QED) is 0.853. The van der Waals surface area contributed by atoms with Crippen LogP contribution in [0.3, 0.4) is 0 Å². The minimum absolute atomic E-state index is 0.209. The van der Waals surface area contributed by atoms with E-state index in [1.54, 1.807) is 36.6 Å². The van der Waals surface area contributed by atoms with Gasteiger partial charge in [-0.1, -0.05) is 17.7 Å². The fourth-order valence-corrected chi connectivity index (χ4v) is 2.87. The van der Waals surface area contributed by atoms with E-state index in [1.807, 2.05) is 26.0 Å². The average Bonchev–Trinajstić information content (AvgIpc) is 2.85. The van der Waals surface area contributed by atoms with Crippen molar-refractivity contribution in [2.75, 3.05) is 19.4 Å². The van der Waals surface area contributed by atoms with E-state index < -0.39 is 0 Å². The van der Waals surface area contributed by atoms with Gasteiger partial charge in [-0.2, -0.15) is 0 Å². The molecule has 0 fully saturated rings. The summed E-state index contributed by atoms with van der Waals surface area (Å²) in [6, 6.07) is 7.35. The van der Waals surface area contributed by atoms with E-state index in [9.17, 15) is 9.59 Å². The van der Waals surface area contributed by atoms with Crippen LogP contribution in [0.25, 0.3) is 0 Å². The number of hydrogen-bond acceptors (Lipinski definition) is 4. The predicted octanol–water partition coefficient (Wildman–Crippen LogP) is 2.82. The number of benzene rings is 1. The molecule has 0 aliphatic carbocycles. The van der Waals surface area contributed by atoms with Crippen LogP contribution in [0.5, 0.6) is 0 Å². The molecule has 116 valence electrons. The summed E-state index contributed by atoms with van der Waals surface area (Å²) in [7, 11) is 3.47. The zero-order valence-corrected chi connectivity index (χ0v) is 13.9.